The van der Waals surface area contributed by atoms with Crippen molar-refractivity contribution in [3.63, 3.8) is 0 Å². The van der Waals surface area contributed by atoms with Crippen LogP contribution in [-0.4, -0.2) is 49.6 Å². The molecular formula is C13H19ClFN3O. The van der Waals surface area contributed by atoms with E-state index in [1.807, 2.05) is 25.9 Å². The summed E-state index contributed by atoms with van der Waals surface area (Å²) in [6, 6.07) is 3.69. The van der Waals surface area contributed by atoms with Crippen LogP contribution in [0.25, 0.3) is 0 Å². The number of amides is 2. The molecule has 0 saturated heterocycles. The fourth-order valence-corrected chi connectivity index (χ4v) is 1.77. The second-order valence-electron chi connectivity index (χ2n) is 4.47. The van der Waals surface area contributed by atoms with Crippen molar-refractivity contribution >= 4 is 23.3 Å². The summed E-state index contributed by atoms with van der Waals surface area (Å²) in [4.78, 5) is 15.7. The summed E-state index contributed by atoms with van der Waals surface area (Å²) >= 11 is 5.74. The van der Waals surface area contributed by atoms with Crippen molar-refractivity contribution in [3.8, 4) is 0 Å². The third-order valence-electron chi connectivity index (χ3n) is 2.60. The van der Waals surface area contributed by atoms with Crippen molar-refractivity contribution in [2.24, 2.45) is 0 Å². The van der Waals surface area contributed by atoms with Crippen LogP contribution in [0.4, 0.5) is 14.9 Å². The van der Waals surface area contributed by atoms with E-state index in [2.05, 4.69) is 5.32 Å². The number of nitrogens with zero attached hydrogens (tertiary/aromatic N) is 2. The Morgan fingerprint density at radius 2 is 2.00 bits per heavy atom. The van der Waals surface area contributed by atoms with Gasteiger partial charge in [0.25, 0.3) is 0 Å². The molecule has 0 heterocycles. The maximum absolute atomic E-state index is 13.2. The summed E-state index contributed by atoms with van der Waals surface area (Å²) in [5.74, 6) is -0.473. The van der Waals surface area contributed by atoms with Crippen LogP contribution in [0.1, 0.15) is 6.92 Å². The molecule has 1 aromatic carbocycles. The van der Waals surface area contributed by atoms with Gasteiger partial charge in [-0.25, -0.2) is 9.18 Å². The highest BCUT2D eigenvalue weighted by Gasteiger charge is 2.12. The van der Waals surface area contributed by atoms with Crippen molar-refractivity contribution in [1.82, 2.24) is 9.80 Å². The van der Waals surface area contributed by atoms with E-state index >= 15 is 0 Å². The lowest BCUT2D eigenvalue weighted by Gasteiger charge is -2.23. The first-order chi connectivity index (χ1) is 8.92. The van der Waals surface area contributed by atoms with Gasteiger partial charge in [0.1, 0.15) is 5.82 Å². The molecule has 4 nitrogen and oxygen atoms in total. The molecule has 0 unspecified atom stereocenters. The van der Waals surface area contributed by atoms with Gasteiger partial charge in [-0.15, -0.1) is 0 Å². The lowest BCUT2D eigenvalue weighted by Crippen LogP contribution is -2.39. The monoisotopic (exact) mass is 287 g/mol. The lowest BCUT2D eigenvalue weighted by atomic mass is 10.3. The van der Waals surface area contributed by atoms with E-state index in [1.54, 1.807) is 4.90 Å². The average molecular weight is 288 g/mol. The molecule has 0 aromatic heterocycles. The summed E-state index contributed by atoms with van der Waals surface area (Å²) in [6.07, 6.45) is 0. The molecule has 0 fully saturated rings. The van der Waals surface area contributed by atoms with Crippen molar-refractivity contribution in [2.45, 2.75) is 6.92 Å². The standard InChI is InChI=1S/C13H19ClFN3O/c1-4-18(6-5-17(2)3)13(19)16-12-8-10(14)7-11(15)9-12/h7-9H,4-6H2,1-3H3,(H,16,19). The third kappa shape index (κ3) is 5.44. The number of hydrogen-bond donors (Lipinski definition) is 1. The van der Waals surface area contributed by atoms with E-state index in [9.17, 15) is 9.18 Å². The predicted molar refractivity (Wildman–Crippen MR) is 76.2 cm³/mol. The first kappa shape index (κ1) is 15.7. The van der Waals surface area contributed by atoms with E-state index in [1.165, 1.54) is 18.2 Å². The topological polar surface area (TPSA) is 35.6 Å². The van der Waals surface area contributed by atoms with E-state index < -0.39 is 5.82 Å². The molecule has 6 heteroatoms. The molecule has 1 N–H and O–H groups in total. The van der Waals surface area contributed by atoms with Crippen molar-refractivity contribution in [1.29, 1.82) is 0 Å². The number of rotatable bonds is 5. The zero-order valence-corrected chi connectivity index (χ0v) is 12.2. The molecule has 0 aliphatic heterocycles. The number of hydrogen-bond acceptors (Lipinski definition) is 2. The second-order valence-corrected chi connectivity index (χ2v) is 4.91. The number of nitrogens with one attached hydrogen (secondary N) is 1. The minimum atomic E-state index is -0.473. The normalized spacial score (nSPS) is 10.6. The summed E-state index contributed by atoms with van der Waals surface area (Å²) < 4.78 is 13.2. The summed E-state index contributed by atoms with van der Waals surface area (Å²) in [7, 11) is 3.89. The van der Waals surface area contributed by atoms with Gasteiger partial charge in [-0.3, -0.25) is 0 Å². The van der Waals surface area contributed by atoms with Gasteiger partial charge in [0.05, 0.1) is 0 Å². The average Bonchev–Trinajstić information content (AvgIpc) is 2.27. The highest BCUT2D eigenvalue weighted by Crippen LogP contribution is 2.18. The Morgan fingerprint density at radius 1 is 1.32 bits per heavy atom. The maximum Gasteiger partial charge on any atom is 0.321 e. The molecule has 0 aliphatic carbocycles. The molecule has 0 spiro atoms. The predicted octanol–water partition coefficient (Wildman–Crippen LogP) is 2.89. The van der Waals surface area contributed by atoms with Gasteiger partial charge in [0, 0.05) is 30.3 Å². The van der Waals surface area contributed by atoms with Crippen LogP contribution >= 0.6 is 11.6 Å². The number of carbonyl (C=O) groups excluding carboxylic acids is 1. The molecule has 0 atom stereocenters. The molecule has 0 aliphatic rings. The van der Waals surface area contributed by atoms with Gasteiger partial charge in [-0.1, -0.05) is 11.6 Å². The van der Waals surface area contributed by atoms with Gasteiger partial charge < -0.3 is 15.1 Å². The molecule has 2 amide bonds. The van der Waals surface area contributed by atoms with Crippen LogP contribution in [0.2, 0.25) is 5.02 Å². The van der Waals surface area contributed by atoms with E-state index in [0.29, 0.717) is 18.8 Å². The van der Waals surface area contributed by atoms with Crippen LogP contribution in [-0.2, 0) is 0 Å². The summed E-state index contributed by atoms with van der Waals surface area (Å²) in [5.41, 5.74) is 0.360. The number of benzene rings is 1. The van der Waals surface area contributed by atoms with Crippen molar-refractivity contribution < 1.29 is 9.18 Å². The highest BCUT2D eigenvalue weighted by molar-refractivity contribution is 6.30. The van der Waals surface area contributed by atoms with Crippen LogP contribution in [0, 0.1) is 5.82 Å². The molecule has 106 valence electrons. The highest BCUT2D eigenvalue weighted by atomic mass is 35.5. The third-order valence-corrected chi connectivity index (χ3v) is 2.82. The van der Waals surface area contributed by atoms with Gasteiger partial charge in [-0.05, 0) is 39.2 Å². The molecule has 1 rings (SSSR count). The minimum Gasteiger partial charge on any atom is -0.324 e. The van der Waals surface area contributed by atoms with Gasteiger partial charge in [0.2, 0.25) is 0 Å². The van der Waals surface area contributed by atoms with E-state index in [0.717, 1.165) is 6.54 Å². The van der Waals surface area contributed by atoms with Crippen molar-refractivity contribution in [3.05, 3.63) is 29.0 Å². The van der Waals surface area contributed by atoms with Crippen LogP contribution in [0.15, 0.2) is 18.2 Å². The Hall–Kier alpha value is -1.33. The first-order valence-corrected chi connectivity index (χ1v) is 6.47. The first-order valence-electron chi connectivity index (χ1n) is 6.09. The minimum absolute atomic E-state index is 0.256. The Kier molecular flexibility index (Phi) is 6.05. The number of urea groups is 1. The number of likely N-dealkylation sites (N-methyl/N-ethyl adjacent to an activating group) is 2. The molecule has 0 saturated carbocycles. The van der Waals surface area contributed by atoms with Crippen LogP contribution < -0.4 is 5.32 Å². The zero-order chi connectivity index (χ0) is 14.4. The Morgan fingerprint density at radius 3 is 2.53 bits per heavy atom. The Bertz CT molecular complexity index is 420. The van der Waals surface area contributed by atoms with Gasteiger partial charge >= 0.3 is 6.03 Å². The van der Waals surface area contributed by atoms with Gasteiger partial charge in [-0.2, -0.15) is 0 Å². The van der Waals surface area contributed by atoms with Crippen LogP contribution in [0.5, 0.6) is 0 Å². The fourth-order valence-electron chi connectivity index (χ4n) is 1.55. The largest absolute Gasteiger partial charge is 0.324 e. The molecule has 19 heavy (non-hydrogen) atoms. The zero-order valence-electron chi connectivity index (χ0n) is 11.4. The van der Waals surface area contributed by atoms with E-state index in [-0.39, 0.29) is 11.1 Å². The Labute approximate surface area is 118 Å². The fraction of sp³-hybridized carbons (Fsp3) is 0.462. The smallest absolute Gasteiger partial charge is 0.321 e. The molecule has 0 bridgehead atoms. The quantitative estimate of drug-likeness (QED) is 0.904. The number of halogens is 2. The molecular weight excluding hydrogens is 269 g/mol. The van der Waals surface area contributed by atoms with Crippen LogP contribution in [0.3, 0.4) is 0 Å². The molecule has 1 aromatic rings. The summed E-state index contributed by atoms with van der Waals surface area (Å²) in [6.45, 7) is 3.86. The summed E-state index contributed by atoms with van der Waals surface area (Å²) in [5, 5.41) is 2.90. The second kappa shape index (κ2) is 7.31. The number of anilines is 1. The maximum atomic E-state index is 13.2. The SMILES string of the molecule is CCN(CCN(C)C)C(=O)Nc1cc(F)cc(Cl)c1. The van der Waals surface area contributed by atoms with Crippen molar-refractivity contribution in [2.75, 3.05) is 39.0 Å². The Balaban J connectivity index is 2.65. The molecule has 0 radical (unpaired) electrons. The van der Waals surface area contributed by atoms with Gasteiger partial charge in [0.15, 0.2) is 0 Å². The lowest BCUT2D eigenvalue weighted by molar-refractivity contribution is 0.208. The number of carbonyl (C=O) groups is 1. The van der Waals surface area contributed by atoms with E-state index in [4.69, 9.17) is 11.6 Å².